The van der Waals surface area contributed by atoms with E-state index < -0.39 is 11.9 Å². The van der Waals surface area contributed by atoms with Crippen molar-refractivity contribution in [2.75, 3.05) is 0 Å². The Labute approximate surface area is 145 Å². The SMILES string of the molecule is Fc1ccc([C@H]2OO[C@@H]3[C@H]4CC[C@H](C4)[C@]3(c3ccccc3)OO2)cc1. The maximum Gasteiger partial charge on any atom is 0.249 e. The lowest BCUT2D eigenvalue weighted by molar-refractivity contribution is -0.450. The zero-order valence-electron chi connectivity index (χ0n) is 13.6. The molecule has 3 aliphatic rings. The lowest BCUT2D eigenvalue weighted by Crippen LogP contribution is -2.46. The number of hydrogen-bond donors (Lipinski definition) is 0. The molecular weight excluding hydrogens is 323 g/mol. The second kappa shape index (κ2) is 5.88. The molecule has 2 bridgehead atoms. The number of hydrogen-bond acceptors (Lipinski definition) is 4. The monoisotopic (exact) mass is 342 g/mol. The van der Waals surface area contributed by atoms with Gasteiger partial charge >= 0.3 is 0 Å². The zero-order chi connectivity index (χ0) is 16.9. The second-order valence-corrected chi connectivity index (χ2v) is 7.11. The van der Waals surface area contributed by atoms with Crippen molar-refractivity contribution in [2.45, 2.75) is 37.3 Å². The first-order chi connectivity index (χ1) is 12.3. The van der Waals surface area contributed by atoms with Crippen molar-refractivity contribution in [3.05, 3.63) is 71.5 Å². The maximum absolute atomic E-state index is 13.2. The summed E-state index contributed by atoms with van der Waals surface area (Å²) in [4.78, 5) is 23.2. The van der Waals surface area contributed by atoms with Crippen molar-refractivity contribution < 1.29 is 23.9 Å². The highest BCUT2D eigenvalue weighted by molar-refractivity contribution is 5.29. The average molecular weight is 342 g/mol. The highest BCUT2D eigenvalue weighted by Gasteiger charge is 2.64. The van der Waals surface area contributed by atoms with Crippen LogP contribution in [0.15, 0.2) is 54.6 Å². The van der Waals surface area contributed by atoms with Gasteiger partial charge in [-0.25, -0.2) is 14.2 Å². The van der Waals surface area contributed by atoms with Gasteiger partial charge in [0.05, 0.1) is 0 Å². The predicted molar refractivity (Wildman–Crippen MR) is 86.2 cm³/mol. The third kappa shape index (κ3) is 2.34. The van der Waals surface area contributed by atoms with Crippen LogP contribution < -0.4 is 0 Å². The van der Waals surface area contributed by atoms with E-state index in [1.54, 1.807) is 12.1 Å². The summed E-state index contributed by atoms with van der Waals surface area (Å²) >= 11 is 0. The Hall–Kier alpha value is -1.79. The minimum atomic E-state index is -0.841. The maximum atomic E-state index is 13.2. The summed E-state index contributed by atoms with van der Waals surface area (Å²) in [5.74, 6) is 0.413. The van der Waals surface area contributed by atoms with Gasteiger partial charge in [0.2, 0.25) is 6.29 Å². The highest BCUT2D eigenvalue weighted by Crippen LogP contribution is 2.60. The minimum Gasteiger partial charge on any atom is -0.226 e. The molecule has 0 amide bonds. The molecular formula is C20H19FO4. The van der Waals surface area contributed by atoms with Gasteiger partial charge in [-0.1, -0.05) is 42.5 Å². The van der Waals surface area contributed by atoms with Crippen LogP contribution in [0.2, 0.25) is 0 Å². The normalized spacial score (nSPS) is 36.8. The van der Waals surface area contributed by atoms with Gasteiger partial charge in [-0.3, -0.25) is 0 Å². The fourth-order valence-electron chi connectivity index (χ4n) is 4.66. The fourth-order valence-corrected chi connectivity index (χ4v) is 4.66. The minimum absolute atomic E-state index is 0.209. The lowest BCUT2D eigenvalue weighted by Gasteiger charge is -2.39. The summed E-state index contributed by atoms with van der Waals surface area (Å²) in [5, 5.41) is 0. The summed E-state index contributed by atoms with van der Waals surface area (Å²) in [6, 6.07) is 16.0. The van der Waals surface area contributed by atoms with Gasteiger partial charge in [-0.05, 0) is 48.8 Å². The van der Waals surface area contributed by atoms with E-state index in [-0.39, 0.29) is 11.9 Å². The van der Waals surface area contributed by atoms with Crippen LogP contribution in [0.25, 0.3) is 0 Å². The van der Waals surface area contributed by atoms with E-state index in [0.29, 0.717) is 17.4 Å². The molecule has 4 nitrogen and oxygen atoms in total. The standard InChI is InChI=1S/C20H19FO4/c21-17-10-7-13(8-11-17)19-23-22-18-14-6-9-16(12-14)20(18,25-24-19)15-4-2-1-3-5-15/h1-5,7-8,10-11,14,16,18-19H,6,9,12H2/t14-,16+,18+,19-,20-/m0/s1. The molecule has 2 aromatic rings. The van der Waals surface area contributed by atoms with E-state index in [2.05, 4.69) is 12.1 Å². The topological polar surface area (TPSA) is 36.9 Å². The fraction of sp³-hybridized carbons (Fsp3) is 0.400. The molecule has 0 spiro atoms. The van der Waals surface area contributed by atoms with Crippen molar-refractivity contribution >= 4 is 0 Å². The van der Waals surface area contributed by atoms with Crippen LogP contribution in [0.5, 0.6) is 0 Å². The summed E-state index contributed by atoms with van der Waals surface area (Å²) in [6.45, 7) is 0. The lowest BCUT2D eigenvalue weighted by atomic mass is 9.77. The molecule has 2 saturated carbocycles. The molecule has 5 atom stereocenters. The summed E-state index contributed by atoms with van der Waals surface area (Å²) in [7, 11) is 0. The van der Waals surface area contributed by atoms with Crippen molar-refractivity contribution in [3.8, 4) is 0 Å². The predicted octanol–water partition coefficient (Wildman–Crippen LogP) is 4.43. The van der Waals surface area contributed by atoms with Crippen LogP contribution in [-0.2, 0) is 25.2 Å². The van der Waals surface area contributed by atoms with Gasteiger partial charge in [0.1, 0.15) is 11.9 Å². The Balaban J connectivity index is 1.50. The smallest absolute Gasteiger partial charge is 0.226 e. The Morgan fingerprint density at radius 2 is 1.68 bits per heavy atom. The first kappa shape index (κ1) is 15.5. The van der Waals surface area contributed by atoms with E-state index in [1.165, 1.54) is 12.1 Å². The van der Waals surface area contributed by atoms with E-state index in [0.717, 1.165) is 24.8 Å². The molecule has 2 aliphatic carbocycles. The van der Waals surface area contributed by atoms with Gasteiger partial charge in [0.15, 0.2) is 5.60 Å². The molecule has 2 aromatic carbocycles. The molecule has 0 N–H and O–H groups in total. The number of fused-ring (bicyclic) bond motifs is 5. The zero-order valence-corrected chi connectivity index (χ0v) is 13.6. The molecule has 1 aliphatic heterocycles. The van der Waals surface area contributed by atoms with Crippen LogP contribution in [0.4, 0.5) is 4.39 Å². The first-order valence-corrected chi connectivity index (χ1v) is 8.75. The van der Waals surface area contributed by atoms with E-state index >= 15 is 0 Å². The number of rotatable bonds is 2. The van der Waals surface area contributed by atoms with Crippen molar-refractivity contribution in [1.29, 1.82) is 0 Å². The van der Waals surface area contributed by atoms with Crippen molar-refractivity contribution in [2.24, 2.45) is 11.8 Å². The van der Waals surface area contributed by atoms with Crippen LogP contribution in [0.1, 0.15) is 36.7 Å². The molecule has 0 radical (unpaired) electrons. The number of halogens is 1. The molecule has 0 unspecified atom stereocenters. The molecule has 1 heterocycles. The third-order valence-electron chi connectivity index (χ3n) is 5.82. The Morgan fingerprint density at radius 1 is 0.880 bits per heavy atom. The Kier molecular flexibility index (Phi) is 3.64. The Morgan fingerprint density at radius 3 is 2.48 bits per heavy atom. The first-order valence-electron chi connectivity index (χ1n) is 8.75. The largest absolute Gasteiger partial charge is 0.249 e. The quantitative estimate of drug-likeness (QED) is 0.757. The average Bonchev–Trinajstić information content (AvgIpc) is 3.18. The van der Waals surface area contributed by atoms with E-state index in [4.69, 9.17) is 19.6 Å². The summed E-state index contributed by atoms with van der Waals surface area (Å²) in [5.41, 5.74) is 1.05. The van der Waals surface area contributed by atoms with Crippen LogP contribution in [0.3, 0.4) is 0 Å². The molecule has 1 saturated heterocycles. The molecule has 0 aromatic heterocycles. The highest BCUT2D eigenvalue weighted by atomic mass is 19.1. The number of benzene rings is 2. The van der Waals surface area contributed by atoms with Gasteiger partial charge in [0.25, 0.3) is 0 Å². The van der Waals surface area contributed by atoms with Gasteiger partial charge < -0.3 is 0 Å². The molecule has 5 heteroatoms. The van der Waals surface area contributed by atoms with Gasteiger partial charge in [-0.2, -0.15) is 9.78 Å². The van der Waals surface area contributed by atoms with Crippen molar-refractivity contribution in [3.63, 3.8) is 0 Å². The summed E-state index contributed by atoms with van der Waals surface area (Å²) < 4.78 is 13.2. The molecule has 25 heavy (non-hydrogen) atoms. The summed E-state index contributed by atoms with van der Waals surface area (Å²) in [6.07, 6.45) is 2.19. The van der Waals surface area contributed by atoms with Crippen LogP contribution in [-0.4, -0.2) is 6.10 Å². The molecule has 130 valence electrons. The van der Waals surface area contributed by atoms with E-state index in [9.17, 15) is 4.39 Å². The van der Waals surface area contributed by atoms with Crippen molar-refractivity contribution in [1.82, 2.24) is 0 Å². The third-order valence-corrected chi connectivity index (χ3v) is 5.82. The van der Waals surface area contributed by atoms with Gasteiger partial charge in [-0.15, -0.1) is 0 Å². The van der Waals surface area contributed by atoms with Gasteiger partial charge in [0, 0.05) is 5.56 Å². The van der Waals surface area contributed by atoms with Crippen LogP contribution >= 0.6 is 0 Å². The second-order valence-electron chi connectivity index (χ2n) is 7.11. The molecule has 3 fully saturated rings. The molecule has 5 rings (SSSR count). The Bertz CT molecular complexity index is 750. The van der Waals surface area contributed by atoms with E-state index in [1.807, 2.05) is 18.2 Å². The van der Waals surface area contributed by atoms with Crippen LogP contribution in [0, 0.1) is 17.7 Å².